The number of carbonyl (C=O) groups excluding carboxylic acids is 1. The van der Waals surface area contributed by atoms with Crippen molar-refractivity contribution in [2.45, 2.75) is 6.92 Å². The molecule has 1 amide bonds. The van der Waals surface area contributed by atoms with Gasteiger partial charge in [-0.1, -0.05) is 12.1 Å². The smallest absolute Gasteiger partial charge is 0.221 e. The van der Waals surface area contributed by atoms with Gasteiger partial charge in [0.15, 0.2) is 11.5 Å². The lowest BCUT2D eigenvalue weighted by Crippen LogP contribution is -2.15. The zero-order chi connectivity index (χ0) is 12.5. The van der Waals surface area contributed by atoms with Crippen molar-refractivity contribution < 1.29 is 14.3 Å². The summed E-state index contributed by atoms with van der Waals surface area (Å²) in [6.07, 6.45) is 0. The van der Waals surface area contributed by atoms with Crippen molar-refractivity contribution in [2.75, 3.05) is 18.5 Å². The standard InChI is InChI=1S/C14H13NO3/c1-9(16)15-12-4-2-3-10-7-13-14(8-11(10)12)18-6-5-17-13/h2-4,7-8H,5-6H2,1H3,(H,15,16). The van der Waals surface area contributed by atoms with Gasteiger partial charge in [0.25, 0.3) is 0 Å². The Bertz CT molecular complexity index is 622. The minimum absolute atomic E-state index is 0.0858. The number of fused-ring (bicyclic) bond motifs is 2. The molecule has 1 aliphatic heterocycles. The van der Waals surface area contributed by atoms with Crippen molar-refractivity contribution in [3.8, 4) is 11.5 Å². The minimum atomic E-state index is -0.0858. The molecule has 0 saturated heterocycles. The Kier molecular flexibility index (Phi) is 2.55. The van der Waals surface area contributed by atoms with Crippen LogP contribution in [0.4, 0.5) is 5.69 Å². The van der Waals surface area contributed by atoms with Crippen molar-refractivity contribution >= 4 is 22.4 Å². The molecule has 1 aliphatic rings. The third-order valence-electron chi connectivity index (χ3n) is 2.85. The Morgan fingerprint density at radius 2 is 1.89 bits per heavy atom. The fraction of sp³-hybridized carbons (Fsp3) is 0.214. The first-order valence-corrected chi connectivity index (χ1v) is 5.84. The van der Waals surface area contributed by atoms with Crippen molar-refractivity contribution in [1.29, 1.82) is 0 Å². The second-order valence-electron chi connectivity index (χ2n) is 4.20. The first-order chi connectivity index (χ1) is 8.74. The molecule has 0 aromatic heterocycles. The third kappa shape index (κ3) is 1.86. The molecule has 92 valence electrons. The van der Waals surface area contributed by atoms with Gasteiger partial charge in [-0.15, -0.1) is 0 Å². The van der Waals surface area contributed by atoms with Crippen LogP contribution in [0.5, 0.6) is 11.5 Å². The van der Waals surface area contributed by atoms with E-state index in [4.69, 9.17) is 9.47 Å². The zero-order valence-electron chi connectivity index (χ0n) is 10.0. The molecular weight excluding hydrogens is 230 g/mol. The second kappa shape index (κ2) is 4.22. The van der Waals surface area contributed by atoms with Crippen molar-refractivity contribution in [1.82, 2.24) is 0 Å². The number of hydrogen-bond donors (Lipinski definition) is 1. The average Bonchev–Trinajstić information content (AvgIpc) is 2.36. The average molecular weight is 243 g/mol. The first-order valence-electron chi connectivity index (χ1n) is 5.84. The van der Waals surface area contributed by atoms with E-state index in [9.17, 15) is 4.79 Å². The SMILES string of the molecule is CC(=O)Nc1cccc2cc3c(cc12)OCCO3. The lowest BCUT2D eigenvalue weighted by molar-refractivity contribution is -0.114. The van der Waals surface area contributed by atoms with Crippen LogP contribution in [0.3, 0.4) is 0 Å². The number of ether oxygens (including phenoxy) is 2. The van der Waals surface area contributed by atoms with Gasteiger partial charge >= 0.3 is 0 Å². The Labute approximate surface area is 105 Å². The highest BCUT2D eigenvalue weighted by molar-refractivity contribution is 6.02. The second-order valence-corrected chi connectivity index (χ2v) is 4.20. The lowest BCUT2D eigenvalue weighted by atomic mass is 10.1. The first kappa shape index (κ1) is 10.9. The Balaban J connectivity index is 2.17. The maximum atomic E-state index is 11.2. The van der Waals surface area contributed by atoms with Gasteiger partial charge < -0.3 is 14.8 Å². The Morgan fingerprint density at radius 1 is 1.17 bits per heavy atom. The van der Waals surface area contributed by atoms with Crippen molar-refractivity contribution in [3.05, 3.63) is 30.3 Å². The number of rotatable bonds is 1. The molecule has 1 N–H and O–H groups in total. The predicted molar refractivity (Wildman–Crippen MR) is 69.2 cm³/mol. The number of amides is 1. The summed E-state index contributed by atoms with van der Waals surface area (Å²) in [6.45, 7) is 2.63. The van der Waals surface area contributed by atoms with Crippen LogP contribution in [0.25, 0.3) is 10.8 Å². The summed E-state index contributed by atoms with van der Waals surface area (Å²) in [5.41, 5.74) is 0.789. The monoisotopic (exact) mass is 243 g/mol. The van der Waals surface area contributed by atoms with E-state index in [1.165, 1.54) is 6.92 Å². The molecule has 0 unspecified atom stereocenters. The molecule has 0 bridgehead atoms. The summed E-state index contributed by atoms with van der Waals surface area (Å²) in [7, 11) is 0. The normalized spacial score (nSPS) is 13.4. The Morgan fingerprint density at radius 3 is 2.61 bits per heavy atom. The minimum Gasteiger partial charge on any atom is -0.486 e. The highest BCUT2D eigenvalue weighted by Gasteiger charge is 2.14. The van der Waals surface area contributed by atoms with Gasteiger partial charge in [-0.05, 0) is 23.6 Å². The van der Waals surface area contributed by atoms with Crippen LogP contribution >= 0.6 is 0 Å². The van der Waals surface area contributed by atoms with Gasteiger partial charge in [0, 0.05) is 18.0 Å². The molecule has 0 aliphatic carbocycles. The van der Waals surface area contributed by atoms with Crippen LogP contribution in [0, 0.1) is 0 Å². The summed E-state index contributed by atoms with van der Waals surface area (Å²) in [5, 5.41) is 4.79. The number of benzene rings is 2. The fourth-order valence-corrected chi connectivity index (χ4v) is 2.11. The molecule has 1 heterocycles. The fourth-order valence-electron chi connectivity index (χ4n) is 2.11. The number of carbonyl (C=O) groups is 1. The highest BCUT2D eigenvalue weighted by Crippen LogP contribution is 2.37. The largest absolute Gasteiger partial charge is 0.486 e. The van der Waals surface area contributed by atoms with E-state index >= 15 is 0 Å². The molecule has 18 heavy (non-hydrogen) atoms. The molecule has 2 aromatic rings. The molecule has 0 radical (unpaired) electrons. The molecule has 0 spiro atoms. The molecule has 3 rings (SSSR count). The number of nitrogens with one attached hydrogen (secondary N) is 1. The summed E-state index contributed by atoms with van der Waals surface area (Å²) < 4.78 is 11.1. The maximum absolute atomic E-state index is 11.2. The summed E-state index contributed by atoms with van der Waals surface area (Å²) in [5.74, 6) is 1.40. The van der Waals surface area contributed by atoms with E-state index in [0.29, 0.717) is 13.2 Å². The molecule has 0 fully saturated rings. The predicted octanol–water partition coefficient (Wildman–Crippen LogP) is 2.57. The molecular formula is C14H13NO3. The highest BCUT2D eigenvalue weighted by atomic mass is 16.6. The van der Waals surface area contributed by atoms with Crippen LogP contribution in [0.2, 0.25) is 0 Å². The number of hydrogen-bond acceptors (Lipinski definition) is 3. The van der Waals surface area contributed by atoms with Crippen LogP contribution in [-0.4, -0.2) is 19.1 Å². The van der Waals surface area contributed by atoms with Gasteiger partial charge in [-0.2, -0.15) is 0 Å². The quantitative estimate of drug-likeness (QED) is 0.837. The maximum Gasteiger partial charge on any atom is 0.221 e. The topological polar surface area (TPSA) is 47.6 Å². The van der Waals surface area contributed by atoms with E-state index in [-0.39, 0.29) is 5.91 Å². The van der Waals surface area contributed by atoms with Gasteiger partial charge in [0.1, 0.15) is 13.2 Å². The molecule has 0 atom stereocenters. The van der Waals surface area contributed by atoms with Gasteiger partial charge in [-0.3, -0.25) is 4.79 Å². The van der Waals surface area contributed by atoms with Crippen LogP contribution < -0.4 is 14.8 Å². The third-order valence-corrected chi connectivity index (χ3v) is 2.85. The van der Waals surface area contributed by atoms with E-state index in [2.05, 4.69) is 5.32 Å². The zero-order valence-corrected chi connectivity index (χ0v) is 10.0. The van der Waals surface area contributed by atoms with E-state index in [0.717, 1.165) is 28.0 Å². The van der Waals surface area contributed by atoms with Gasteiger partial charge in [-0.25, -0.2) is 0 Å². The molecule has 0 saturated carbocycles. The molecule has 2 aromatic carbocycles. The summed E-state index contributed by atoms with van der Waals surface area (Å²) >= 11 is 0. The Hall–Kier alpha value is -2.23. The number of anilines is 1. The van der Waals surface area contributed by atoms with Crippen molar-refractivity contribution in [2.24, 2.45) is 0 Å². The van der Waals surface area contributed by atoms with Crippen molar-refractivity contribution in [3.63, 3.8) is 0 Å². The van der Waals surface area contributed by atoms with Gasteiger partial charge in [0.2, 0.25) is 5.91 Å². The van der Waals surface area contributed by atoms with E-state index in [1.807, 2.05) is 30.3 Å². The van der Waals surface area contributed by atoms with Gasteiger partial charge in [0.05, 0.1) is 0 Å². The lowest BCUT2D eigenvalue weighted by Gasteiger charge is -2.19. The molecule has 4 heteroatoms. The van der Waals surface area contributed by atoms with Crippen LogP contribution in [0.1, 0.15) is 6.92 Å². The molecule has 4 nitrogen and oxygen atoms in total. The van der Waals surface area contributed by atoms with Crippen LogP contribution in [0.15, 0.2) is 30.3 Å². The van der Waals surface area contributed by atoms with E-state index in [1.54, 1.807) is 0 Å². The van der Waals surface area contributed by atoms with E-state index < -0.39 is 0 Å². The summed E-state index contributed by atoms with van der Waals surface area (Å²) in [4.78, 5) is 11.2. The van der Waals surface area contributed by atoms with Crippen LogP contribution in [-0.2, 0) is 4.79 Å². The summed E-state index contributed by atoms with van der Waals surface area (Å²) in [6, 6.07) is 9.62.